The molecule has 0 fully saturated rings. The Balaban J connectivity index is 1.37. The van der Waals surface area contributed by atoms with Crippen molar-refractivity contribution < 1.29 is 0 Å². The van der Waals surface area contributed by atoms with E-state index in [1.54, 1.807) is 0 Å². The molecule has 2 aliphatic carbocycles. The lowest BCUT2D eigenvalue weighted by atomic mass is 9.79. The highest BCUT2D eigenvalue weighted by atomic mass is 32.3. The topological polar surface area (TPSA) is 3.24 Å². The molecular weight excluding hydrogens is 551 g/mol. The van der Waals surface area contributed by atoms with E-state index in [2.05, 4.69) is 171 Å². The first-order chi connectivity index (χ1) is 21.2. The second-order valence-corrected chi connectivity index (χ2v) is 17.5. The number of fused-ring (bicyclic) bond motifs is 5. The molecule has 0 unspecified atom stereocenters. The fraction of sp³-hybridized carbons (Fsp3) is 0.190. The summed E-state index contributed by atoms with van der Waals surface area (Å²) >= 11 is 0. The summed E-state index contributed by atoms with van der Waals surface area (Å²) in [6, 6.07) is 42.7. The van der Waals surface area contributed by atoms with Crippen LogP contribution in [0.15, 0.2) is 150 Å². The molecule has 0 saturated carbocycles. The van der Waals surface area contributed by atoms with Gasteiger partial charge in [-0.1, -0.05) is 92.7 Å². The van der Waals surface area contributed by atoms with Crippen LogP contribution in [0.3, 0.4) is 0 Å². The van der Waals surface area contributed by atoms with Gasteiger partial charge in [-0.3, -0.25) is 0 Å². The highest BCUT2D eigenvalue weighted by Crippen LogP contribution is 2.52. The lowest BCUT2D eigenvalue weighted by Gasteiger charge is -2.30. The molecule has 2 aliphatic rings. The van der Waals surface area contributed by atoms with Crippen LogP contribution < -0.4 is 4.90 Å². The van der Waals surface area contributed by atoms with Crippen LogP contribution in [0.2, 0.25) is 0 Å². The fourth-order valence-corrected chi connectivity index (χ4v) is 7.94. The number of anilines is 2. The number of rotatable bonds is 4. The predicted molar refractivity (Wildman–Crippen MR) is 194 cm³/mol. The predicted octanol–water partition coefficient (Wildman–Crippen LogP) is 11.2. The van der Waals surface area contributed by atoms with Crippen molar-refractivity contribution in [1.82, 2.24) is 0 Å². The summed E-state index contributed by atoms with van der Waals surface area (Å²) in [4.78, 5) is 3.84. The standard InChI is InChI=1S/C42H41NS/c1-42(2)39-21-13-19-34(43(33-17-7-6-8-18-33)35-24-26-36(27-25-35)44(3,4)5)23-22-30-14-11-12-20-37(30)41(39)38-28-31-15-9-10-16-32(31)29-40(38)42/h6-20,23-29H,21-22H2,1-5H3/b19-13-,34-23+. The summed E-state index contributed by atoms with van der Waals surface area (Å²) in [5.74, 6) is 0. The second kappa shape index (κ2) is 11.0. The third-order valence-corrected chi connectivity index (χ3v) is 11.1. The summed E-state index contributed by atoms with van der Waals surface area (Å²) in [7, 11) is -0.795. The number of hydrogen-bond donors (Lipinski definition) is 0. The molecule has 44 heavy (non-hydrogen) atoms. The van der Waals surface area contributed by atoms with E-state index >= 15 is 0 Å². The van der Waals surface area contributed by atoms with Gasteiger partial charge < -0.3 is 4.90 Å². The van der Waals surface area contributed by atoms with E-state index in [0.29, 0.717) is 0 Å². The monoisotopic (exact) mass is 591 g/mol. The Hall–Kier alpha value is -4.27. The summed E-state index contributed by atoms with van der Waals surface area (Å²) in [5, 5.41) is 2.62. The summed E-state index contributed by atoms with van der Waals surface area (Å²) in [6.07, 6.45) is 16.0. The van der Waals surface area contributed by atoms with Crippen molar-refractivity contribution >= 4 is 37.7 Å². The molecule has 2 heteroatoms. The average molecular weight is 592 g/mol. The molecule has 0 saturated heterocycles. The summed E-state index contributed by atoms with van der Waals surface area (Å²) in [5.41, 5.74) is 12.0. The fourth-order valence-electron chi connectivity index (χ4n) is 6.98. The van der Waals surface area contributed by atoms with Crippen molar-refractivity contribution in [2.75, 3.05) is 23.7 Å². The first-order valence-corrected chi connectivity index (χ1v) is 18.4. The minimum atomic E-state index is -0.795. The highest BCUT2D eigenvalue weighted by Gasteiger charge is 2.38. The zero-order chi connectivity index (χ0) is 30.5. The van der Waals surface area contributed by atoms with Crippen LogP contribution in [0, 0.1) is 0 Å². The Morgan fingerprint density at radius 3 is 2.00 bits per heavy atom. The van der Waals surface area contributed by atoms with Crippen molar-refractivity contribution in [3.63, 3.8) is 0 Å². The molecule has 0 spiro atoms. The molecule has 0 aromatic heterocycles. The van der Waals surface area contributed by atoms with E-state index in [1.165, 1.54) is 66.1 Å². The number of hydrogen-bond acceptors (Lipinski definition) is 1. The lowest BCUT2D eigenvalue weighted by Crippen LogP contribution is -2.18. The Bertz CT molecular complexity index is 1950. The molecule has 5 aromatic rings. The van der Waals surface area contributed by atoms with Gasteiger partial charge in [0.2, 0.25) is 0 Å². The molecular formula is C42H41NS. The van der Waals surface area contributed by atoms with Gasteiger partial charge in [-0.15, -0.1) is 0 Å². The molecule has 5 aromatic carbocycles. The van der Waals surface area contributed by atoms with Gasteiger partial charge in [0.15, 0.2) is 0 Å². The number of nitrogens with zero attached hydrogens (tertiary/aromatic N) is 1. The molecule has 7 rings (SSSR count). The van der Waals surface area contributed by atoms with Crippen molar-refractivity contribution in [2.45, 2.75) is 37.0 Å². The smallest absolute Gasteiger partial charge is 0.0462 e. The van der Waals surface area contributed by atoms with E-state index in [-0.39, 0.29) is 5.41 Å². The van der Waals surface area contributed by atoms with Crippen LogP contribution in [0.1, 0.15) is 42.5 Å². The largest absolute Gasteiger partial charge is 0.311 e. The third kappa shape index (κ3) is 5.02. The van der Waals surface area contributed by atoms with Crippen LogP contribution in [0.4, 0.5) is 11.4 Å². The van der Waals surface area contributed by atoms with Gasteiger partial charge in [0.05, 0.1) is 0 Å². The number of allylic oxidation sites excluding steroid dienone is 4. The van der Waals surface area contributed by atoms with E-state index in [9.17, 15) is 0 Å². The van der Waals surface area contributed by atoms with E-state index in [4.69, 9.17) is 0 Å². The normalized spacial score (nSPS) is 18.1. The molecule has 0 heterocycles. The molecule has 220 valence electrons. The van der Waals surface area contributed by atoms with Crippen molar-refractivity contribution in [1.29, 1.82) is 0 Å². The summed E-state index contributed by atoms with van der Waals surface area (Å²) in [6.45, 7) is 4.83. The molecule has 0 bridgehead atoms. The lowest BCUT2D eigenvalue weighted by molar-refractivity contribution is 0.626. The first-order valence-electron chi connectivity index (χ1n) is 15.6. The Kier molecular flexibility index (Phi) is 7.14. The van der Waals surface area contributed by atoms with E-state index < -0.39 is 10.0 Å². The van der Waals surface area contributed by atoms with Gasteiger partial charge in [0.1, 0.15) is 0 Å². The van der Waals surface area contributed by atoms with Gasteiger partial charge in [0, 0.05) is 22.5 Å². The maximum absolute atomic E-state index is 2.44. The minimum Gasteiger partial charge on any atom is -0.311 e. The molecule has 0 N–H and O–H groups in total. The summed E-state index contributed by atoms with van der Waals surface area (Å²) < 4.78 is 0. The maximum atomic E-state index is 2.44. The van der Waals surface area contributed by atoms with Gasteiger partial charge in [0.25, 0.3) is 0 Å². The van der Waals surface area contributed by atoms with Gasteiger partial charge >= 0.3 is 0 Å². The van der Waals surface area contributed by atoms with E-state index in [1.807, 2.05) is 0 Å². The van der Waals surface area contributed by atoms with Gasteiger partial charge in [-0.05, 0) is 135 Å². The van der Waals surface area contributed by atoms with Crippen LogP contribution >= 0.6 is 10.0 Å². The molecule has 1 nitrogen and oxygen atoms in total. The SMILES string of the molecule is CC1(C)C2=C(c3ccccc3C/C=C(N(c3ccccc3)c3ccc(S(C)(C)C)cc3)\C=C/C2)c2cc3ccccc3cc21. The molecule has 0 amide bonds. The molecule has 0 radical (unpaired) electrons. The Morgan fingerprint density at radius 2 is 1.27 bits per heavy atom. The zero-order valence-electron chi connectivity index (χ0n) is 26.5. The van der Waals surface area contributed by atoms with Gasteiger partial charge in [-0.2, -0.15) is 0 Å². The highest BCUT2D eigenvalue weighted by molar-refractivity contribution is 8.32. The second-order valence-electron chi connectivity index (χ2n) is 13.3. The Labute approximate surface area is 264 Å². The first kappa shape index (κ1) is 28.5. The van der Waals surface area contributed by atoms with E-state index in [0.717, 1.165) is 12.8 Å². The van der Waals surface area contributed by atoms with Crippen LogP contribution in [0.25, 0.3) is 16.3 Å². The Morgan fingerprint density at radius 1 is 0.636 bits per heavy atom. The molecule has 0 aliphatic heterocycles. The number of benzene rings is 5. The van der Waals surface area contributed by atoms with Gasteiger partial charge in [-0.25, -0.2) is 10.0 Å². The third-order valence-electron chi connectivity index (χ3n) is 9.39. The quantitative estimate of drug-likeness (QED) is 0.201. The maximum Gasteiger partial charge on any atom is 0.0462 e. The van der Waals surface area contributed by atoms with Crippen LogP contribution in [-0.4, -0.2) is 18.8 Å². The zero-order valence-corrected chi connectivity index (χ0v) is 27.3. The van der Waals surface area contributed by atoms with Crippen LogP contribution in [-0.2, 0) is 11.8 Å². The molecule has 0 atom stereocenters. The van der Waals surface area contributed by atoms with Crippen molar-refractivity contribution in [3.8, 4) is 0 Å². The van der Waals surface area contributed by atoms with Crippen LogP contribution in [0.5, 0.6) is 0 Å². The minimum absolute atomic E-state index is 0.0700. The number of para-hydroxylation sites is 1. The van der Waals surface area contributed by atoms with Crippen molar-refractivity contribution in [3.05, 3.63) is 167 Å². The average Bonchev–Trinajstić information content (AvgIpc) is 3.24. The van der Waals surface area contributed by atoms with Crippen molar-refractivity contribution in [2.24, 2.45) is 0 Å².